The third-order valence-electron chi connectivity index (χ3n) is 5.93. The molecule has 3 aromatic rings. The Morgan fingerprint density at radius 2 is 1.86 bits per heavy atom. The van der Waals surface area contributed by atoms with Crippen LogP contribution in [-0.4, -0.2) is 35.0 Å². The van der Waals surface area contributed by atoms with E-state index < -0.39 is 17.7 Å². The van der Waals surface area contributed by atoms with Gasteiger partial charge in [0.1, 0.15) is 5.76 Å². The number of benzene rings is 2. The first-order chi connectivity index (χ1) is 17.3. The number of carbonyl (C=O) groups excluding carboxylic acids is 2. The second-order valence-corrected chi connectivity index (χ2v) is 9.89. The van der Waals surface area contributed by atoms with E-state index in [0.29, 0.717) is 46.9 Å². The van der Waals surface area contributed by atoms with Gasteiger partial charge in [-0.2, -0.15) is 0 Å². The zero-order chi connectivity index (χ0) is 25.8. The molecular formula is C28H30N2O5S. The first-order valence-corrected chi connectivity index (χ1v) is 12.9. The van der Waals surface area contributed by atoms with Crippen molar-refractivity contribution < 1.29 is 24.2 Å². The maximum atomic E-state index is 13.3. The molecule has 7 nitrogen and oxygen atoms in total. The molecule has 0 spiro atoms. The molecule has 36 heavy (non-hydrogen) atoms. The van der Waals surface area contributed by atoms with E-state index in [1.165, 1.54) is 16.2 Å². The fraction of sp³-hybridized carbons (Fsp3) is 0.321. The van der Waals surface area contributed by atoms with Crippen LogP contribution < -0.4 is 14.4 Å². The number of aliphatic hydroxyl groups is 1. The van der Waals surface area contributed by atoms with Crippen molar-refractivity contribution >= 4 is 33.9 Å². The van der Waals surface area contributed by atoms with Crippen LogP contribution in [-0.2, 0) is 9.59 Å². The van der Waals surface area contributed by atoms with Gasteiger partial charge in [-0.1, -0.05) is 49.7 Å². The number of nitrogens with zero attached hydrogens (tertiary/aromatic N) is 2. The number of Topliss-reactive ketones (excluding diaryl/α,β-unsaturated/α-hetero) is 1. The second kappa shape index (κ2) is 11.0. The summed E-state index contributed by atoms with van der Waals surface area (Å²) in [4.78, 5) is 32.1. The molecule has 2 heterocycles. The van der Waals surface area contributed by atoms with Gasteiger partial charge in [0, 0.05) is 17.1 Å². The lowest BCUT2D eigenvalue weighted by Crippen LogP contribution is -2.29. The van der Waals surface area contributed by atoms with Crippen molar-refractivity contribution in [1.82, 2.24) is 4.98 Å². The van der Waals surface area contributed by atoms with Crippen LogP contribution in [0.15, 0.2) is 59.6 Å². The van der Waals surface area contributed by atoms with Gasteiger partial charge in [0.2, 0.25) is 0 Å². The van der Waals surface area contributed by atoms with E-state index in [0.717, 1.165) is 12.0 Å². The first-order valence-electron chi connectivity index (χ1n) is 12.0. The Morgan fingerprint density at radius 1 is 1.11 bits per heavy atom. The number of ether oxygens (including phenoxy) is 2. The van der Waals surface area contributed by atoms with Crippen molar-refractivity contribution in [2.45, 2.75) is 40.2 Å². The molecule has 0 bridgehead atoms. The van der Waals surface area contributed by atoms with Crippen molar-refractivity contribution in [1.29, 1.82) is 0 Å². The van der Waals surface area contributed by atoms with Gasteiger partial charge in [-0.25, -0.2) is 4.98 Å². The number of rotatable bonds is 9. The molecule has 2 aromatic carbocycles. The predicted octanol–water partition coefficient (Wildman–Crippen LogP) is 5.90. The first kappa shape index (κ1) is 25.4. The Labute approximate surface area is 215 Å². The molecule has 1 N–H and O–H groups in total. The lowest BCUT2D eigenvalue weighted by molar-refractivity contribution is -0.132. The molecule has 1 atom stereocenters. The van der Waals surface area contributed by atoms with Crippen molar-refractivity contribution in [2.24, 2.45) is 5.92 Å². The number of aliphatic hydroxyl groups excluding tert-OH is 1. The lowest BCUT2D eigenvalue weighted by atomic mass is 9.95. The van der Waals surface area contributed by atoms with Crippen LogP contribution in [0.1, 0.15) is 49.9 Å². The number of aromatic nitrogens is 1. The van der Waals surface area contributed by atoms with Crippen molar-refractivity contribution in [3.8, 4) is 11.5 Å². The predicted molar refractivity (Wildman–Crippen MR) is 141 cm³/mol. The van der Waals surface area contributed by atoms with Gasteiger partial charge in [0.05, 0.1) is 24.8 Å². The minimum absolute atomic E-state index is 0.00924. The van der Waals surface area contributed by atoms with Crippen LogP contribution in [0.25, 0.3) is 5.76 Å². The summed E-state index contributed by atoms with van der Waals surface area (Å²) in [5, 5.41) is 13.4. The number of thiazole rings is 1. The third kappa shape index (κ3) is 5.14. The Hall–Kier alpha value is -3.65. The Morgan fingerprint density at radius 3 is 2.50 bits per heavy atom. The summed E-state index contributed by atoms with van der Waals surface area (Å²) in [6.45, 7) is 9.04. The normalized spacial score (nSPS) is 17.1. The second-order valence-electron chi connectivity index (χ2n) is 9.02. The molecule has 1 amide bonds. The molecule has 0 saturated carbocycles. The summed E-state index contributed by atoms with van der Waals surface area (Å²) in [6, 6.07) is 11.6. The van der Waals surface area contributed by atoms with Crippen LogP contribution in [0.2, 0.25) is 0 Å². The zero-order valence-electron chi connectivity index (χ0n) is 20.9. The maximum absolute atomic E-state index is 13.3. The van der Waals surface area contributed by atoms with Gasteiger partial charge >= 0.3 is 5.91 Å². The summed E-state index contributed by atoms with van der Waals surface area (Å²) in [6.07, 6.45) is 2.47. The Balaban J connectivity index is 1.84. The minimum Gasteiger partial charge on any atom is -0.507 e. The van der Waals surface area contributed by atoms with Crippen LogP contribution in [0.4, 0.5) is 5.13 Å². The van der Waals surface area contributed by atoms with E-state index in [1.54, 1.807) is 41.9 Å². The monoisotopic (exact) mass is 506 g/mol. The van der Waals surface area contributed by atoms with Gasteiger partial charge in [-0.3, -0.25) is 14.5 Å². The number of amides is 1. The molecule has 0 aliphatic carbocycles. The fourth-order valence-corrected chi connectivity index (χ4v) is 4.70. The topological polar surface area (TPSA) is 89.0 Å². The number of hydrogen-bond donors (Lipinski definition) is 1. The number of hydrogen-bond acceptors (Lipinski definition) is 7. The van der Waals surface area contributed by atoms with Gasteiger partial charge < -0.3 is 14.6 Å². The summed E-state index contributed by atoms with van der Waals surface area (Å²) < 4.78 is 11.8. The SMILES string of the molecule is CCOc1cc(C2/C(=C(\O)c3ccc(C)cc3)C(=O)C(=O)N2c2nccs2)ccc1OCCC(C)C. The Bertz CT molecular complexity index is 1270. The van der Waals surface area contributed by atoms with Crippen molar-refractivity contribution in [3.05, 3.63) is 76.3 Å². The molecule has 1 unspecified atom stereocenters. The highest BCUT2D eigenvalue weighted by Crippen LogP contribution is 2.44. The van der Waals surface area contributed by atoms with E-state index in [4.69, 9.17) is 9.47 Å². The average molecular weight is 507 g/mol. The van der Waals surface area contributed by atoms with Crippen molar-refractivity contribution in [3.63, 3.8) is 0 Å². The highest BCUT2D eigenvalue weighted by atomic mass is 32.1. The zero-order valence-corrected chi connectivity index (χ0v) is 21.7. The molecule has 1 fully saturated rings. The molecular weight excluding hydrogens is 476 g/mol. The molecule has 188 valence electrons. The number of carbonyl (C=O) groups is 2. The van der Waals surface area contributed by atoms with Crippen LogP contribution in [0.3, 0.4) is 0 Å². The minimum atomic E-state index is -0.874. The van der Waals surface area contributed by atoms with E-state index in [1.807, 2.05) is 26.0 Å². The quantitative estimate of drug-likeness (QED) is 0.221. The maximum Gasteiger partial charge on any atom is 0.301 e. The molecule has 1 saturated heterocycles. The van der Waals surface area contributed by atoms with E-state index >= 15 is 0 Å². The number of anilines is 1. The smallest absolute Gasteiger partial charge is 0.301 e. The molecule has 1 aliphatic rings. The van der Waals surface area contributed by atoms with Gasteiger partial charge in [-0.15, -0.1) is 11.3 Å². The molecule has 0 radical (unpaired) electrons. The molecule has 1 aliphatic heterocycles. The summed E-state index contributed by atoms with van der Waals surface area (Å²) in [7, 11) is 0. The highest BCUT2D eigenvalue weighted by molar-refractivity contribution is 7.14. The Kier molecular flexibility index (Phi) is 7.74. The van der Waals surface area contributed by atoms with Crippen LogP contribution >= 0.6 is 11.3 Å². The summed E-state index contributed by atoms with van der Waals surface area (Å²) >= 11 is 1.25. The van der Waals surface area contributed by atoms with Gasteiger partial charge in [0.25, 0.3) is 5.78 Å². The number of aryl methyl sites for hydroxylation is 1. The van der Waals surface area contributed by atoms with E-state index in [9.17, 15) is 14.7 Å². The third-order valence-corrected chi connectivity index (χ3v) is 6.70. The largest absolute Gasteiger partial charge is 0.507 e. The van der Waals surface area contributed by atoms with E-state index in [2.05, 4.69) is 18.8 Å². The van der Waals surface area contributed by atoms with Crippen LogP contribution in [0.5, 0.6) is 11.5 Å². The van der Waals surface area contributed by atoms with Gasteiger partial charge in [0.15, 0.2) is 16.6 Å². The molecule has 8 heteroatoms. The summed E-state index contributed by atoms with van der Waals surface area (Å²) in [5.41, 5.74) is 2.09. The van der Waals surface area contributed by atoms with Crippen LogP contribution in [0, 0.1) is 12.8 Å². The lowest BCUT2D eigenvalue weighted by Gasteiger charge is -2.24. The number of ketones is 1. The van der Waals surface area contributed by atoms with E-state index in [-0.39, 0.29) is 11.3 Å². The summed E-state index contributed by atoms with van der Waals surface area (Å²) in [5.74, 6) is -0.126. The highest BCUT2D eigenvalue weighted by Gasteiger charge is 2.48. The average Bonchev–Trinajstić information content (AvgIpc) is 3.47. The van der Waals surface area contributed by atoms with Crippen molar-refractivity contribution in [2.75, 3.05) is 18.1 Å². The van der Waals surface area contributed by atoms with Gasteiger partial charge in [-0.05, 0) is 43.9 Å². The molecule has 4 rings (SSSR count). The fourth-order valence-electron chi connectivity index (χ4n) is 4.03. The molecule has 1 aromatic heterocycles. The standard InChI is InChI=1S/C28H30N2O5S/c1-5-34-22-16-20(10-11-21(22)35-14-12-17(2)3)24-23(25(31)19-8-6-18(4)7-9-19)26(32)27(33)30(24)28-29-13-15-36-28/h6-11,13,15-17,24,31H,5,12,14H2,1-4H3/b25-23+.